The smallest absolute Gasteiger partial charge is 0.310 e. The Bertz CT molecular complexity index is 1480. The van der Waals surface area contributed by atoms with Gasteiger partial charge in [-0.25, -0.2) is 9.97 Å². The number of fused-ring (bicyclic) bond motifs is 1. The number of benzene rings is 3. The van der Waals surface area contributed by atoms with Gasteiger partial charge in [0.25, 0.3) is 5.91 Å². The number of nitrogens with zero attached hydrogens (tertiary/aromatic N) is 3. The van der Waals surface area contributed by atoms with E-state index in [0.717, 1.165) is 17.0 Å². The van der Waals surface area contributed by atoms with Gasteiger partial charge in [-0.1, -0.05) is 60.1 Å². The monoisotopic (exact) mass is 525 g/mol. The minimum absolute atomic E-state index is 0.0144. The summed E-state index contributed by atoms with van der Waals surface area (Å²) in [5, 5.41) is 9.98. The van der Waals surface area contributed by atoms with Gasteiger partial charge in [-0.15, -0.1) is 6.58 Å². The van der Waals surface area contributed by atoms with Crippen molar-refractivity contribution in [2.24, 2.45) is 5.92 Å². The summed E-state index contributed by atoms with van der Waals surface area (Å²) in [5.41, 5.74) is 5.53. The lowest BCUT2D eigenvalue weighted by Crippen LogP contribution is -2.48. The number of carbonyl (C=O) groups excluding carboxylic acids is 1. The number of carboxylic acids is 1. The third-order valence-corrected chi connectivity index (χ3v) is 7.32. The van der Waals surface area contributed by atoms with Crippen LogP contribution in [0.3, 0.4) is 0 Å². The number of rotatable bonds is 9. The van der Waals surface area contributed by atoms with Crippen LogP contribution in [0, 0.1) is 5.92 Å². The van der Waals surface area contributed by atoms with Gasteiger partial charge in [0.15, 0.2) is 0 Å². The van der Waals surface area contributed by atoms with E-state index in [1.165, 1.54) is 11.6 Å². The summed E-state index contributed by atoms with van der Waals surface area (Å²) in [6.45, 7) is 5.03. The van der Waals surface area contributed by atoms with Gasteiger partial charge in [0, 0.05) is 35.2 Å². The maximum Gasteiger partial charge on any atom is 0.310 e. The molecule has 1 amide bonds. The van der Waals surface area contributed by atoms with Crippen LogP contribution in [0.4, 0.5) is 0 Å². The largest absolute Gasteiger partial charge is 0.481 e. The van der Waals surface area contributed by atoms with Gasteiger partial charge in [-0.3, -0.25) is 9.59 Å². The van der Waals surface area contributed by atoms with Crippen LogP contribution >= 0.6 is 11.6 Å². The quantitative estimate of drug-likeness (QED) is 0.256. The van der Waals surface area contributed by atoms with E-state index in [0.29, 0.717) is 59.9 Å². The fourth-order valence-electron chi connectivity index (χ4n) is 4.83. The van der Waals surface area contributed by atoms with Crippen LogP contribution in [0.1, 0.15) is 40.4 Å². The van der Waals surface area contributed by atoms with Crippen LogP contribution in [-0.4, -0.2) is 44.9 Å². The van der Waals surface area contributed by atoms with E-state index < -0.39 is 11.9 Å². The Morgan fingerprint density at radius 1 is 1.03 bits per heavy atom. The maximum atomic E-state index is 13.2. The molecule has 6 nitrogen and oxygen atoms in total. The summed E-state index contributed by atoms with van der Waals surface area (Å²) in [6, 6.07) is 23.1. The third kappa shape index (κ3) is 5.46. The van der Waals surface area contributed by atoms with Crippen molar-refractivity contribution >= 4 is 34.5 Å². The molecule has 0 spiro atoms. The number of aromatic nitrogens is 2. The zero-order valence-electron chi connectivity index (χ0n) is 20.9. The summed E-state index contributed by atoms with van der Waals surface area (Å²) < 4.78 is 0. The van der Waals surface area contributed by atoms with Gasteiger partial charge in [0.1, 0.15) is 0 Å². The Labute approximate surface area is 226 Å². The van der Waals surface area contributed by atoms with Crippen LogP contribution in [0.25, 0.3) is 22.3 Å². The predicted octanol–water partition coefficient (Wildman–Crippen LogP) is 6.40. The molecule has 192 valence electrons. The first-order valence-corrected chi connectivity index (χ1v) is 13.1. The fourth-order valence-corrected chi connectivity index (χ4v) is 4.96. The van der Waals surface area contributed by atoms with Gasteiger partial charge in [0.2, 0.25) is 0 Å². The standard InChI is InChI=1S/C31H28ClN3O3/c1-2-20(31(37)38)9-6-10-27-29(22-11-14-25(32)15-12-22)34-26-16-13-23(17-28(26)33-27)30(36)35-18-24(19-35)21-7-4-3-5-8-21/h2-5,7-8,11-17,20,24H,1,6,9-10,18-19H2,(H,37,38). The summed E-state index contributed by atoms with van der Waals surface area (Å²) in [6.07, 6.45) is 3.07. The molecule has 3 aromatic carbocycles. The number of hydrogen-bond acceptors (Lipinski definition) is 4. The van der Waals surface area contributed by atoms with Crippen molar-refractivity contribution < 1.29 is 14.7 Å². The number of likely N-dealkylation sites (tertiary alicyclic amines) is 1. The van der Waals surface area contributed by atoms with E-state index >= 15 is 0 Å². The van der Waals surface area contributed by atoms with Crippen LogP contribution in [-0.2, 0) is 11.2 Å². The fraction of sp³-hybridized carbons (Fsp3) is 0.226. The zero-order valence-corrected chi connectivity index (χ0v) is 21.6. The van der Waals surface area contributed by atoms with Crippen LogP contribution in [0.2, 0.25) is 5.02 Å². The van der Waals surface area contributed by atoms with Crippen molar-refractivity contribution in [3.63, 3.8) is 0 Å². The number of carboxylic acid groups (broad SMARTS) is 1. The number of carbonyl (C=O) groups is 2. The van der Waals surface area contributed by atoms with Gasteiger partial charge < -0.3 is 10.0 Å². The van der Waals surface area contributed by atoms with Gasteiger partial charge >= 0.3 is 5.97 Å². The molecule has 1 saturated heterocycles. The number of aryl methyl sites for hydroxylation is 1. The minimum Gasteiger partial charge on any atom is -0.481 e. The molecule has 38 heavy (non-hydrogen) atoms. The zero-order chi connectivity index (χ0) is 26.6. The highest BCUT2D eigenvalue weighted by atomic mass is 35.5. The topological polar surface area (TPSA) is 83.4 Å². The Kier molecular flexibility index (Phi) is 7.52. The van der Waals surface area contributed by atoms with Crippen molar-refractivity contribution in [2.45, 2.75) is 25.2 Å². The molecular weight excluding hydrogens is 498 g/mol. The molecule has 0 bridgehead atoms. The molecule has 1 fully saturated rings. The second-order valence-electron chi connectivity index (χ2n) is 9.62. The maximum absolute atomic E-state index is 13.2. The summed E-state index contributed by atoms with van der Waals surface area (Å²) in [4.78, 5) is 36.3. The molecule has 2 heterocycles. The molecule has 1 aromatic heterocycles. The highest BCUT2D eigenvalue weighted by Crippen LogP contribution is 2.30. The Morgan fingerprint density at radius 3 is 2.45 bits per heavy atom. The van der Waals surface area contributed by atoms with Crippen molar-refractivity contribution in [1.82, 2.24) is 14.9 Å². The van der Waals surface area contributed by atoms with Crippen molar-refractivity contribution in [3.8, 4) is 11.3 Å². The van der Waals surface area contributed by atoms with Gasteiger partial charge in [-0.05, 0) is 55.2 Å². The lowest BCUT2D eigenvalue weighted by molar-refractivity contribution is -0.140. The molecule has 5 rings (SSSR count). The summed E-state index contributed by atoms with van der Waals surface area (Å²) in [7, 11) is 0. The van der Waals surface area contributed by atoms with E-state index in [1.54, 1.807) is 6.07 Å². The second-order valence-corrected chi connectivity index (χ2v) is 10.1. The molecule has 7 heteroatoms. The Balaban J connectivity index is 1.40. The molecule has 0 radical (unpaired) electrons. The summed E-state index contributed by atoms with van der Waals surface area (Å²) in [5.74, 6) is -1.15. The van der Waals surface area contributed by atoms with Crippen LogP contribution in [0.5, 0.6) is 0 Å². The average molecular weight is 526 g/mol. The third-order valence-electron chi connectivity index (χ3n) is 7.07. The number of aliphatic carboxylic acids is 1. The van der Waals surface area contributed by atoms with Gasteiger partial charge in [0.05, 0.1) is 28.3 Å². The van der Waals surface area contributed by atoms with Crippen molar-refractivity contribution in [1.29, 1.82) is 0 Å². The highest BCUT2D eigenvalue weighted by Gasteiger charge is 2.32. The first-order chi connectivity index (χ1) is 18.4. The first kappa shape index (κ1) is 25.6. The van der Waals surface area contributed by atoms with E-state index in [9.17, 15) is 14.7 Å². The molecule has 1 aliphatic rings. The molecule has 1 aliphatic heterocycles. The highest BCUT2D eigenvalue weighted by molar-refractivity contribution is 6.30. The average Bonchev–Trinajstić information content (AvgIpc) is 2.90. The molecule has 4 aromatic rings. The predicted molar refractivity (Wildman–Crippen MR) is 149 cm³/mol. The van der Waals surface area contributed by atoms with E-state index in [4.69, 9.17) is 21.6 Å². The number of halogens is 1. The molecular formula is C31H28ClN3O3. The first-order valence-electron chi connectivity index (χ1n) is 12.7. The SMILES string of the molecule is C=CC(CCCc1nc2cc(C(=O)N3CC(c4ccccc4)C3)ccc2nc1-c1ccc(Cl)cc1)C(=O)O. The molecule has 0 saturated carbocycles. The van der Waals surface area contributed by atoms with Gasteiger partial charge in [-0.2, -0.15) is 0 Å². The lowest BCUT2D eigenvalue weighted by Gasteiger charge is -2.39. The normalized spacial score (nSPS) is 14.2. The van der Waals surface area contributed by atoms with Crippen molar-refractivity contribution in [3.05, 3.63) is 107 Å². The lowest BCUT2D eigenvalue weighted by atomic mass is 9.91. The molecule has 1 atom stereocenters. The van der Waals surface area contributed by atoms with Crippen LogP contribution in [0.15, 0.2) is 85.5 Å². The second kappa shape index (κ2) is 11.2. The molecule has 1 unspecified atom stereocenters. The Hall–Kier alpha value is -4.03. The summed E-state index contributed by atoms with van der Waals surface area (Å²) >= 11 is 6.09. The minimum atomic E-state index is -0.883. The van der Waals surface area contributed by atoms with E-state index in [1.807, 2.05) is 59.5 Å². The van der Waals surface area contributed by atoms with E-state index in [-0.39, 0.29) is 5.91 Å². The van der Waals surface area contributed by atoms with E-state index in [2.05, 4.69) is 18.7 Å². The van der Waals surface area contributed by atoms with Crippen LogP contribution < -0.4 is 0 Å². The molecule has 1 N–H and O–H groups in total. The molecule has 0 aliphatic carbocycles. The number of amides is 1. The Morgan fingerprint density at radius 2 is 1.76 bits per heavy atom. The number of hydrogen-bond donors (Lipinski definition) is 1. The van der Waals surface area contributed by atoms with Crippen molar-refractivity contribution in [2.75, 3.05) is 13.1 Å².